The van der Waals surface area contributed by atoms with Gasteiger partial charge >= 0.3 is 55.7 Å². The van der Waals surface area contributed by atoms with Crippen molar-refractivity contribution in [2.24, 2.45) is 0 Å². The zero-order valence-corrected chi connectivity index (χ0v) is 7.99. The number of hydrogen-bond acceptors (Lipinski definition) is 2. The Morgan fingerprint density at radius 2 is 2.25 bits per heavy atom. The van der Waals surface area contributed by atoms with E-state index >= 15 is 0 Å². The summed E-state index contributed by atoms with van der Waals surface area (Å²) in [5.74, 6) is 1.93. The van der Waals surface area contributed by atoms with Crippen LogP contribution in [-0.2, 0) is 9.09 Å². The van der Waals surface area contributed by atoms with Gasteiger partial charge in [-0.15, -0.1) is 0 Å². The van der Waals surface area contributed by atoms with Gasteiger partial charge in [-0.05, 0) is 0 Å². The van der Waals surface area contributed by atoms with Gasteiger partial charge in [-0.3, -0.25) is 0 Å². The second-order valence-electron chi connectivity index (χ2n) is 1.37. The van der Waals surface area contributed by atoms with E-state index in [1.165, 1.54) is 0 Å². The molecule has 1 atom stereocenters. The topological polar surface area (TPSA) is 26.3 Å². The van der Waals surface area contributed by atoms with E-state index in [1.54, 1.807) is 6.66 Å². The number of rotatable bonds is 3. The first-order valence-corrected chi connectivity index (χ1v) is 8.40. The Hall–Kier alpha value is 0.709. The molecule has 0 aromatic rings. The van der Waals surface area contributed by atoms with Gasteiger partial charge < -0.3 is 0 Å². The Kier molecular flexibility index (Phi) is 4.01. The van der Waals surface area contributed by atoms with Gasteiger partial charge in [0, 0.05) is 0 Å². The van der Waals surface area contributed by atoms with Crippen LogP contribution in [0.4, 0.5) is 0 Å². The molecule has 0 rings (SSSR count). The fraction of sp³-hybridized carbons (Fsp3) is 1.00. The van der Waals surface area contributed by atoms with Crippen LogP contribution in [0.3, 0.4) is 0 Å². The van der Waals surface area contributed by atoms with Crippen LogP contribution in [-0.4, -0.2) is 27.8 Å². The van der Waals surface area contributed by atoms with Gasteiger partial charge in [-0.25, -0.2) is 0 Å². The molecule has 0 fully saturated rings. The van der Waals surface area contributed by atoms with Crippen LogP contribution in [0, 0.1) is 0 Å². The van der Waals surface area contributed by atoms with Gasteiger partial charge in [0.2, 0.25) is 0 Å². The minimum absolute atomic E-state index is 0.156. The van der Waals surface area contributed by atoms with Crippen molar-refractivity contribution >= 4 is 20.6 Å². The van der Waals surface area contributed by atoms with E-state index in [9.17, 15) is 4.57 Å². The van der Waals surface area contributed by atoms with Gasteiger partial charge in [0.15, 0.2) is 0 Å². The molecule has 0 N–H and O–H groups in total. The first-order valence-electron chi connectivity index (χ1n) is 2.40. The van der Waals surface area contributed by atoms with Crippen molar-refractivity contribution in [1.82, 2.24) is 0 Å². The van der Waals surface area contributed by atoms with E-state index in [0.29, 0.717) is 6.61 Å². The van der Waals surface area contributed by atoms with Crippen LogP contribution < -0.4 is 0 Å². The normalized spacial score (nSPS) is 17.9. The summed E-state index contributed by atoms with van der Waals surface area (Å²) in [4.78, 5) is 0. The van der Waals surface area contributed by atoms with Crippen molar-refractivity contribution in [3.63, 3.8) is 0 Å². The van der Waals surface area contributed by atoms with E-state index in [-0.39, 0.29) is 14.5 Å². The van der Waals surface area contributed by atoms with Gasteiger partial charge in [-0.1, -0.05) is 0 Å². The summed E-state index contributed by atoms with van der Waals surface area (Å²) in [5.41, 5.74) is 0. The van der Waals surface area contributed by atoms with Crippen LogP contribution in [0.15, 0.2) is 0 Å². The molecule has 0 aliphatic heterocycles. The van der Waals surface area contributed by atoms with Crippen molar-refractivity contribution in [1.29, 1.82) is 0 Å². The van der Waals surface area contributed by atoms with Crippen molar-refractivity contribution in [2.75, 3.05) is 13.3 Å². The van der Waals surface area contributed by atoms with Gasteiger partial charge in [0.25, 0.3) is 0 Å². The Bertz CT molecular complexity index is 104. The van der Waals surface area contributed by atoms with Crippen LogP contribution in [0.2, 0.25) is 5.82 Å². The Balaban J connectivity index is 3.55. The molecule has 4 heteroatoms. The van der Waals surface area contributed by atoms with E-state index in [1.807, 2.05) is 12.7 Å². The molecule has 0 aromatic heterocycles. The van der Waals surface area contributed by atoms with Crippen LogP contribution in [0.1, 0.15) is 6.92 Å². The molecule has 0 unspecified atom stereocenters. The summed E-state index contributed by atoms with van der Waals surface area (Å²) in [6.07, 6.45) is 0. The fourth-order valence-corrected chi connectivity index (χ4v) is 2.19. The van der Waals surface area contributed by atoms with Gasteiger partial charge in [0.1, 0.15) is 0 Å². The minimum atomic E-state index is -2.11. The fourth-order valence-electron chi connectivity index (χ4n) is 0.287. The van der Waals surface area contributed by atoms with E-state index in [2.05, 4.69) is 0 Å². The molecule has 0 radical (unpaired) electrons. The van der Waals surface area contributed by atoms with Gasteiger partial charge in [0.05, 0.1) is 0 Å². The third-order valence-electron chi connectivity index (χ3n) is 0.695. The Morgan fingerprint density at radius 3 is 2.38 bits per heavy atom. The summed E-state index contributed by atoms with van der Waals surface area (Å²) in [6.45, 7) is 4.13. The van der Waals surface area contributed by atoms with Gasteiger partial charge in [-0.2, -0.15) is 0 Å². The average Bonchev–Trinajstić information content (AvgIpc) is 1.67. The molecule has 0 saturated heterocycles. The predicted molar refractivity (Wildman–Crippen MR) is 36.8 cm³/mol. The summed E-state index contributed by atoms with van der Waals surface area (Å²) >= 11 is 0.156. The molecule has 0 saturated carbocycles. The first-order chi connectivity index (χ1) is 3.62. The number of hydrogen-bond donors (Lipinski definition) is 0. The maximum atomic E-state index is 11.0. The molecular weight excluding hydrogens is 190 g/mol. The summed E-state index contributed by atoms with van der Waals surface area (Å²) < 4.78 is 16.0. The average molecular weight is 201 g/mol. The molecule has 0 heterocycles. The van der Waals surface area contributed by atoms with Crippen molar-refractivity contribution in [3.05, 3.63) is 0 Å². The van der Waals surface area contributed by atoms with Crippen molar-refractivity contribution in [2.45, 2.75) is 12.7 Å². The molecule has 0 spiro atoms. The third-order valence-corrected chi connectivity index (χ3v) is 6.92. The zero-order chi connectivity index (χ0) is 6.62. The second-order valence-corrected chi connectivity index (χ2v) is 10.0. The summed E-state index contributed by atoms with van der Waals surface area (Å²) in [5, 5.41) is 0. The molecule has 8 heavy (non-hydrogen) atoms. The van der Waals surface area contributed by atoms with Crippen molar-refractivity contribution in [3.8, 4) is 0 Å². The quantitative estimate of drug-likeness (QED) is 0.512. The van der Waals surface area contributed by atoms with Crippen molar-refractivity contribution < 1.29 is 9.09 Å². The molecule has 0 aromatic carbocycles. The van der Waals surface area contributed by atoms with E-state index in [0.717, 1.165) is 0 Å². The van der Waals surface area contributed by atoms with E-state index < -0.39 is 6.06 Å². The summed E-state index contributed by atoms with van der Waals surface area (Å²) in [7, 11) is 0. The third kappa shape index (κ3) is 3.68. The van der Waals surface area contributed by atoms with E-state index in [4.69, 9.17) is 4.52 Å². The second kappa shape index (κ2) is 3.68. The van der Waals surface area contributed by atoms with Crippen LogP contribution in [0.25, 0.3) is 0 Å². The van der Waals surface area contributed by atoms with Crippen LogP contribution in [0.5, 0.6) is 0 Å². The standard InChI is InChI=1S/C4H11O2PSe/c1-4-6-7(2,5)8-3/h4H2,1-3H3/t7-/m1/s1. The zero-order valence-electron chi connectivity index (χ0n) is 5.38. The molecule has 0 aliphatic rings. The molecule has 0 bridgehead atoms. The molecule has 0 aliphatic carbocycles. The molecule has 0 amide bonds. The Labute approximate surface area is 56.2 Å². The first kappa shape index (κ1) is 8.71. The Morgan fingerprint density at radius 1 is 1.75 bits per heavy atom. The molecule has 50 valence electrons. The predicted octanol–water partition coefficient (Wildman–Crippen LogP) is 1.60. The summed E-state index contributed by atoms with van der Waals surface area (Å²) in [6, 6.07) is -2.11. The monoisotopic (exact) mass is 202 g/mol. The molecule has 2 nitrogen and oxygen atoms in total. The van der Waals surface area contributed by atoms with Crippen LogP contribution >= 0.6 is 6.06 Å². The molecular formula is C4H11O2PSe. The SMILES string of the molecule is CCO[P@@](C)(=O)[Se]C. The maximum absolute atomic E-state index is 11.0.